The van der Waals surface area contributed by atoms with E-state index in [1.165, 1.54) is 11.3 Å². The van der Waals surface area contributed by atoms with Crippen LogP contribution in [0.3, 0.4) is 0 Å². The number of aromatic nitrogens is 1. The molecule has 0 saturated heterocycles. The van der Waals surface area contributed by atoms with Gasteiger partial charge in [0.2, 0.25) is 0 Å². The van der Waals surface area contributed by atoms with Gasteiger partial charge in [0.1, 0.15) is 22.2 Å². The van der Waals surface area contributed by atoms with Crippen LogP contribution in [0.25, 0.3) is 0 Å². The van der Waals surface area contributed by atoms with Gasteiger partial charge in [-0.15, -0.1) is 11.3 Å². The van der Waals surface area contributed by atoms with Crippen molar-refractivity contribution >= 4 is 22.8 Å². The Morgan fingerprint density at radius 1 is 1.37 bits per heavy atom. The van der Waals surface area contributed by atoms with Crippen molar-refractivity contribution in [2.75, 3.05) is 14.2 Å². The van der Waals surface area contributed by atoms with Gasteiger partial charge < -0.3 is 10.2 Å². The molecule has 1 aromatic carbocycles. The van der Waals surface area contributed by atoms with E-state index in [4.69, 9.17) is 10.1 Å². The molecule has 5 nitrogen and oxygen atoms in total. The smallest absolute Gasteiger partial charge is 0.143 e. The van der Waals surface area contributed by atoms with Crippen molar-refractivity contribution in [2.24, 2.45) is 5.10 Å². The van der Waals surface area contributed by atoms with E-state index < -0.39 is 0 Å². The van der Waals surface area contributed by atoms with E-state index in [1.807, 2.05) is 29.6 Å². The summed E-state index contributed by atoms with van der Waals surface area (Å²) in [6.07, 6.45) is 1.68. The van der Waals surface area contributed by atoms with Crippen LogP contribution < -0.4 is 10.2 Å². The highest BCUT2D eigenvalue weighted by molar-refractivity contribution is 7.12. The summed E-state index contributed by atoms with van der Waals surface area (Å²) in [6.45, 7) is 0. The van der Waals surface area contributed by atoms with Gasteiger partial charge in [0.25, 0.3) is 0 Å². The first kappa shape index (κ1) is 13.2. The monoisotopic (exact) mass is 274 g/mol. The highest BCUT2D eigenvalue weighted by Gasteiger charge is 2.14. The molecule has 0 atom stereocenters. The molecule has 0 bridgehead atoms. The Kier molecular flexibility index (Phi) is 4.25. The van der Waals surface area contributed by atoms with Gasteiger partial charge in [-0.05, 0) is 24.3 Å². The molecule has 98 valence electrons. The average Bonchev–Trinajstić information content (AvgIpc) is 2.98. The first-order valence-electron chi connectivity index (χ1n) is 5.64. The summed E-state index contributed by atoms with van der Waals surface area (Å²) >= 11 is 1.42. The van der Waals surface area contributed by atoms with Crippen molar-refractivity contribution in [2.45, 2.75) is 0 Å². The molecular formula is C13H14N4OS. The van der Waals surface area contributed by atoms with Crippen molar-refractivity contribution < 1.29 is 4.74 Å². The number of benzene rings is 1. The van der Waals surface area contributed by atoms with Gasteiger partial charge in [0.15, 0.2) is 0 Å². The summed E-state index contributed by atoms with van der Waals surface area (Å²) < 4.78 is 5.12. The molecule has 2 rings (SSSR count). The first-order valence-corrected chi connectivity index (χ1v) is 6.52. The number of hydrogen-bond donors (Lipinski definition) is 2. The molecule has 19 heavy (non-hydrogen) atoms. The zero-order chi connectivity index (χ0) is 13.7. The third kappa shape index (κ3) is 2.97. The summed E-state index contributed by atoms with van der Waals surface area (Å²) in [5, 5.41) is 14.8. The fraction of sp³-hybridized carbons (Fsp3) is 0.154. The van der Waals surface area contributed by atoms with Crippen LogP contribution in [0.5, 0.6) is 5.75 Å². The van der Waals surface area contributed by atoms with E-state index in [0.717, 1.165) is 11.3 Å². The first-order chi connectivity index (χ1) is 9.26. The van der Waals surface area contributed by atoms with Crippen LogP contribution in [0.1, 0.15) is 10.6 Å². The third-order valence-corrected chi connectivity index (χ3v) is 3.26. The Morgan fingerprint density at radius 3 is 2.63 bits per heavy atom. The predicted octanol–water partition coefficient (Wildman–Crippen LogP) is 2.14. The van der Waals surface area contributed by atoms with E-state index in [2.05, 4.69) is 15.5 Å². The van der Waals surface area contributed by atoms with Gasteiger partial charge in [-0.2, -0.15) is 5.10 Å². The van der Waals surface area contributed by atoms with Crippen LogP contribution in [0.2, 0.25) is 0 Å². The summed E-state index contributed by atoms with van der Waals surface area (Å²) in [5.41, 5.74) is 4.43. The van der Waals surface area contributed by atoms with E-state index >= 15 is 0 Å². The lowest BCUT2D eigenvalue weighted by atomic mass is 10.1. The van der Waals surface area contributed by atoms with E-state index in [9.17, 15) is 0 Å². The Labute approximate surface area is 115 Å². The Morgan fingerprint density at radius 2 is 2.11 bits per heavy atom. The molecule has 0 unspecified atom stereocenters. The van der Waals surface area contributed by atoms with Gasteiger partial charge in [0, 0.05) is 24.2 Å². The minimum absolute atomic E-state index is 0.300. The summed E-state index contributed by atoms with van der Waals surface area (Å²) in [6, 6.07) is 7.43. The van der Waals surface area contributed by atoms with Gasteiger partial charge in [-0.25, -0.2) is 4.98 Å². The minimum Gasteiger partial charge on any atom is -0.497 e. The van der Waals surface area contributed by atoms with E-state index in [-0.39, 0.29) is 0 Å². The summed E-state index contributed by atoms with van der Waals surface area (Å²) in [7, 11) is 3.33. The van der Waals surface area contributed by atoms with Crippen molar-refractivity contribution in [1.29, 1.82) is 5.41 Å². The second kappa shape index (κ2) is 6.10. The van der Waals surface area contributed by atoms with Crippen molar-refractivity contribution in [1.82, 2.24) is 10.4 Å². The zero-order valence-electron chi connectivity index (χ0n) is 10.7. The van der Waals surface area contributed by atoms with Gasteiger partial charge >= 0.3 is 0 Å². The molecular weight excluding hydrogens is 260 g/mol. The Bertz CT molecular complexity index is 575. The van der Waals surface area contributed by atoms with Crippen LogP contribution in [0.4, 0.5) is 0 Å². The highest BCUT2D eigenvalue weighted by atomic mass is 32.1. The average molecular weight is 274 g/mol. The molecule has 0 aliphatic rings. The lowest BCUT2D eigenvalue weighted by Crippen LogP contribution is -2.18. The molecule has 0 aliphatic carbocycles. The number of thiazole rings is 1. The molecule has 0 spiro atoms. The quantitative estimate of drug-likeness (QED) is 0.648. The standard InChI is InChI=1S/C13H14N4OS/c1-15-17-12(11(14)13-16-7-8-19-13)9-3-5-10(18-2)6-4-9/h3-8,14-15H,1-2H3/b14-11?,17-12-. The molecule has 1 aromatic heterocycles. The van der Waals surface area contributed by atoms with Gasteiger partial charge in [0.05, 0.1) is 7.11 Å². The highest BCUT2D eigenvalue weighted by Crippen LogP contribution is 2.15. The topological polar surface area (TPSA) is 70.4 Å². The molecule has 0 fully saturated rings. The van der Waals surface area contributed by atoms with Gasteiger partial charge in [-0.3, -0.25) is 5.41 Å². The number of ether oxygens (including phenoxy) is 1. The molecule has 1 heterocycles. The zero-order valence-corrected chi connectivity index (χ0v) is 11.5. The van der Waals surface area contributed by atoms with Crippen LogP contribution >= 0.6 is 11.3 Å². The maximum Gasteiger partial charge on any atom is 0.143 e. The second-order valence-electron chi connectivity index (χ2n) is 3.62. The number of nitrogens with one attached hydrogen (secondary N) is 2. The second-order valence-corrected chi connectivity index (χ2v) is 4.52. The Balaban J connectivity index is 2.35. The number of hydrazone groups is 1. The minimum atomic E-state index is 0.300. The fourth-order valence-electron chi connectivity index (χ4n) is 1.57. The maximum atomic E-state index is 8.19. The van der Waals surface area contributed by atoms with E-state index in [0.29, 0.717) is 16.4 Å². The molecule has 0 amide bonds. The van der Waals surface area contributed by atoms with Gasteiger partial charge in [-0.1, -0.05) is 0 Å². The van der Waals surface area contributed by atoms with Crippen LogP contribution in [0.15, 0.2) is 40.9 Å². The summed E-state index contributed by atoms with van der Waals surface area (Å²) in [4.78, 5) is 4.14. The molecule has 0 aliphatic heterocycles. The fourth-order valence-corrected chi connectivity index (χ4v) is 2.16. The SMILES string of the molecule is CN/N=C(\C(=N)c1nccs1)c1ccc(OC)cc1. The lowest BCUT2D eigenvalue weighted by molar-refractivity contribution is 0.415. The molecule has 0 radical (unpaired) electrons. The van der Waals surface area contributed by atoms with Crippen molar-refractivity contribution in [3.63, 3.8) is 0 Å². The molecule has 6 heteroatoms. The number of nitrogens with zero attached hydrogens (tertiary/aromatic N) is 2. The molecule has 0 saturated carbocycles. The number of methoxy groups -OCH3 is 1. The largest absolute Gasteiger partial charge is 0.497 e. The van der Waals surface area contributed by atoms with Crippen LogP contribution in [-0.4, -0.2) is 30.6 Å². The summed E-state index contributed by atoms with van der Waals surface area (Å²) in [5.74, 6) is 0.772. The molecule has 2 N–H and O–H groups in total. The van der Waals surface area contributed by atoms with Crippen LogP contribution in [0, 0.1) is 5.41 Å². The third-order valence-electron chi connectivity index (χ3n) is 2.47. The van der Waals surface area contributed by atoms with Crippen LogP contribution in [-0.2, 0) is 0 Å². The van der Waals surface area contributed by atoms with Crippen molar-refractivity contribution in [3.8, 4) is 5.75 Å². The lowest BCUT2D eigenvalue weighted by Gasteiger charge is -2.07. The maximum absolute atomic E-state index is 8.19. The number of rotatable bonds is 5. The Hall–Kier alpha value is -2.21. The molecule has 2 aromatic rings. The van der Waals surface area contributed by atoms with E-state index in [1.54, 1.807) is 20.4 Å². The normalized spacial score (nSPS) is 11.2. The predicted molar refractivity (Wildman–Crippen MR) is 77.5 cm³/mol. The number of hydrogen-bond acceptors (Lipinski definition) is 6. The van der Waals surface area contributed by atoms with Crippen molar-refractivity contribution in [3.05, 3.63) is 46.4 Å².